The van der Waals surface area contributed by atoms with Gasteiger partial charge in [0.05, 0.1) is 6.04 Å². The van der Waals surface area contributed by atoms with Crippen molar-refractivity contribution in [3.05, 3.63) is 30.1 Å². The first-order valence-electron chi connectivity index (χ1n) is 8.66. The Kier molecular flexibility index (Phi) is 5.57. The lowest BCUT2D eigenvalue weighted by Gasteiger charge is -2.36. The van der Waals surface area contributed by atoms with Crippen LogP contribution in [0.15, 0.2) is 24.5 Å². The van der Waals surface area contributed by atoms with Crippen molar-refractivity contribution in [3.8, 4) is 0 Å². The Hall–Kier alpha value is -1.26. The van der Waals surface area contributed by atoms with E-state index in [1.807, 2.05) is 18.5 Å². The first-order valence-corrected chi connectivity index (χ1v) is 8.66. The Morgan fingerprint density at radius 2 is 2.14 bits per heavy atom. The smallest absolute Gasteiger partial charge is 0.138 e. The second kappa shape index (κ2) is 7.84. The molecule has 2 saturated heterocycles. The number of likely N-dealkylation sites (tertiary alicyclic amines) is 2. The van der Waals surface area contributed by atoms with Crippen LogP contribution in [0.2, 0.25) is 0 Å². The van der Waals surface area contributed by atoms with Gasteiger partial charge in [0.25, 0.3) is 0 Å². The van der Waals surface area contributed by atoms with E-state index in [9.17, 15) is 4.79 Å². The Labute approximate surface area is 133 Å². The number of nitrogens with zero attached hydrogens (tertiary/aromatic N) is 3. The number of hydrogen-bond donors (Lipinski definition) is 0. The van der Waals surface area contributed by atoms with Crippen molar-refractivity contribution >= 4 is 6.29 Å². The zero-order valence-corrected chi connectivity index (χ0v) is 13.4. The van der Waals surface area contributed by atoms with Gasteiger partial charge in [0.1, 0.15) is 6.29 Å². The second-order valence-corrected chi connectivity index (χ2v) is 6.78. The highest BCUT2D eigenvalue weighted by atomic mass is 16.1. The molecule has 0 radical (unpaired) electrons. The van der Waals surface area contributed by atoms with Gasteiger partial charge < -0.3 is 9.69 Å². The number of carbonyl (C=O) groups excluding carboxylic acids is 1. The molecule has 2 unspecified atom stereocenters. The van der Waals surface area contributed by atoms with E-state index < -0.39 is 0 Å². The molecule has 22 heavy (non-hydrogen) atoms. The normalized spacial score (nSPS) is 25.2. The van der Waals surface area contributed by atoms with E-state index in [0.29, 0.717) is 5.92 Å². The third kappa shape index (κ3) is 4.14. The summed E-state index contributed by atoms with van der Waals surface area (Å²) in [5, 5.41) is 0. The van der Waals surface area contributed by atoms with Crippen molar-refractivity contribution in [2.24, 2.45) is 5.92 Å². The molecule has 3 rings (SSSR count). The maximum Gasteiger partial charge on any atom is 0.138 e. The molecular weight excluding hydrogens is 274 g/mol. The van der Waals surface area contributed by atoms with Crippen LogP contribution in [0, 0.1) is 5.92 Å². The third-order valence-corrected chi connectivity index (χ3v) is 5.06. The van der Waals surface area contributed by atoms with Gasteiger partial charge in [0.2, 0.25) is 0 Å². The summed E-state index contributed by atoms with van der Waals surface area (Å²) in [5.74, 6) is 0.698. The number of aromatic nitrogens is 1. The molecule has 0 amide bonds. The number of aldehydes is 1. The van der Waals surface area contributed by atoms with E-state index in [0.717, 1.165) is 45.4 Å². The maximum atomic E-state index is 11.5. The topological polar surface area (TPSA) is 36.4 Å². The van der Waals surface area contributed by atoms with Gasteiger partial charge in [-0.3, -0.25) is 9.88 Å². The molecule has 1 aromatic rings. The molecule has 0 aliphatic carbocycles. The SMILES string of the molecule is O=CC(CN1CCCC(Cc2cccnc2)C1)N1CCCC1. The fraction of sp³-hybridized carbons (Fsp3) is 0.667. The summed E-state index contributed by atoms with van der Waals surface area (Å²) in [7, 11) is 0. The van der Waals surface area contributed by atoms with Crippen LogP contribution in [0.4, 0.5) is 0 Å². The average molecular weight is 301 g/mol. The van der Waals surface area contributed by atoms with Crippen LogP contribution in [0.5, 0.6) is 0 Å². The minimum atomic E-state index is 0.0969. The molecule has 0 spiro atoms. The molecule has 120 valence electrons. The lowest BCUT2D eigenvalue weighted by atomic mass is 9.91. The van der Waals surface area contributed by atoms with Gasteiger partial charge in [-0.05, 0) is 69.3 Å². The summed E-state index contributed by atoms with van der Waals surface area (Å²) in [4.78, 5) is 20.5. The minimum Gasteiger partial charge on any atom is -0.302 e. The molecular formula is C18H27N3O. The highest BCUT2D eigenvalue weighted by molar-refractivity contribution is 5.58. The van der Waals surface area contributed by atoms with Gasteiger partial charge in [-0.1, -0.05) is 6.07 Å². The number of pyridine rings is 1. The lowest BCUT2D eigenvalue weighted by molar-refractivity contribution is -0.112. The van der Waals surface area contributed by atoms with Crippen LogP contribution in [-0.4, -0.2) is 59.8 Å². The molecule has 4 heteroatoms. The average Bonchev–Trinajstić information content (AvgIpc) is 3.08. The number of rotatable bonds is 6. The van der Waals surface area contributed by atoms with E-state index >= 15 is 0 Å². The molecule has 2 aliphatic rings. The highest BCUT2D eigenvalue weighted by Gasteiger charge is 2.26. The Morgan fingerprint density at radius 3 is 2.86 bits per heavy atom. The Balaban J connectivity index is 1.52. The van der Waals surface area contributed by atoms with Crippen LogP contribution in [-0.2, 0) is 11.2 Å². The van der Waals surface area contributed by atoms with Gasteiger partial charge in [0, 0.05) is 25.5 Å². The molecule has 0 bridgehead atoms. The molecule has 3 heterocycles. The van der Waals surface area contributed by atoms with Gasteiger partial charge >= 0.3 is 0 Å². The van der Waals surface area contributed by atoms with E-state index in [1.165, 1.54) is 31.2 Å². The summed E-state index contributed by atoms with van der Waals surface area (Å²) in [6.07, 6.45) is 11.1. The van der Waals surface area contributed by atoms with Crippen LogP contribution in [0.3, 0.4) is 0 Å². The van der Waals surface area contributed by atoms with Gasteiger partial charge in [-0.15, -0.1) is 0 Å². The number of hydrogen-bond acceptors (Lipinski definition) is 4. The van der Waals surface area contributed by atoms with Gasteiger partial charge in [0.15, 0.2) is 0 Å². The molecule has 2 atom stereocenters. The van der Waals surface area contributed by atoms with E-state index in [4.69, 9.17) is 0 Å². The zero-order chi connectivity index (χ0) is 15.2. The summed E-state index contributed by atoms with van der Waals surface area (Å²) >= 11 is 0. The van der Waals surface area contributed by atoms with Crippen LogP contribution in [0.25, 0.3) is 0 Å². The lowest BCUT2D eigenvalue weighted by Crippen LogP contribution is -2.47. The number of carbonyl (C=O) groups is 1. The van der Waals surface area contributed by atoms with E-state index in [-0.39, 0.29) is 6.04 Å². The van der Waals surface area contributed by atoms with Crippen molar-refractivity contribution in [3.63, 3.8) is 0 Å². The fourth-order valence-corrected chi connectivity index (χ4v) is 3.92. The number of piperidine rings is 1. The molecule has 1 aromatic heterocycles. The largest absolute Gasteiger partial charge is 0.302 e. The first kappa shape index (κ1) is 15.6. The quantitative estimate of drug-likeness (QED) is 0.753. The Morgan fingerprint density at radius 1 is 1.27 bits per heavy atom. The van der Waals surface area contributed by atoms with Crippen molar-refractivity contribution in [1.82, 2.24) is 14.8 Å². The summed E-state index contributed by atoms with van der Waals surface area (Å²) in [6.45, 7) is 5.36. The van der Waals surface area contributed by atoms with Crippen LogP contribution < -0.4 is 0 Å². The standard InChI is InChI=1S/C18H27N3O/c22-15-18(21-9-1-2-10-21)14-20-8-4-6-17(13-20)11-16-5-3-7-19-12-16/h3,5,7,12,15,17-18H,1-2,4,6,8-11,13-14H2. The zero-order valence-electron chi connectivity index (χ0n) is 13.4. The van der Waals surface area contributed by atoms with Gasteiger partial charge in [-0.2, -0.15) is 0 Å². The van der Waals surface area contributed by atoms with E-state index in [2.05, 4.69) is 20.9 Å². The van der Waals surface area contributed by atoms with Gasteiger partial charge in [-0.25, -0.2) is 0 Å². The highest BCUT2D eigenvalue weighted by Crippen LogP contribution is 2.21. The molecule has 0 N–H and O–H groups in total. The van der Waals surface area contributed by atoms with E-state index in [1.54, 1.807) is 0 Å². The third-order valence-electron chi connectivity index (χ3n) is 5.06. The minimum absolute atomic E-state index is 0.0969. The molecule has 2 aliphatic heterocycles. The monoisotopic (exact) mass is 301 g/mol. The fourth-order valence-electron chi connectivity index (χ4n) is 3.92. The van der Waals surface area contributed by atoms with Crippen molar-refractivity contribution in [1.29, 1.82) is 0 Å². The Bertz CT molecular complexity index is 459. The molecule has 0 saturated carbocycles. The predicted molar refractivity (Wildman–Crippen MR) is 87.8 cm³/mol. The van der Waals surface area contributed by atoms with Crippen molar-refractivity contribution < 1.29 is 4.79 Å². The summed E-state index contributed by atoms with van der Waals surface area (Å²) in [6, 6.07) is 4.29. The summed E-state index contributed by atoms with van der Waals surface area (Å²) < 4.78 is 0. The van der Waals surface area contributed by atoms with Crippen molar-refractivity contribution in [2.75, 3.05) is 32.7 Å². The van der Waals surface area contributed by atoms with Crippen LogP contribution >= 0.6 is 0 Å². The maximum absolute atomic E-state index is 11.5. The first-order chi connectivity index (χ1) is 10.8. The van der Waals surface area contributed by atoms with Crippen molar-refractivity contribution in [2.45, 2.75) is 38.1 Å². The molecule has 2 fully saturated rings. The molecule has 4 nitrogen and oxygen atoms in total. The van der Waals surface area contributed by atoms with Crippen LogP contribution in [0.1, 0.15) is 31.2 Å². The molecule has 0 aromatic carbocycles. The second-order valence-electron chi connectivity index (χ2n) is 6.78. The predicted octanol–water partition coefficient (Wildman–Crippen LogP) is 2.00. The summed E-state index contributed by atoms with van der Waals surface area (Å²) in [5.41, 5.74) is 1.33.